The molecule has 1 saturated carbocycles. The van der Waals surface area contributed by atoms with Gasteiger partial charge in [0.2, 0.25) is 5.91 Å². The zero-order chi connectivity index (χ0) is 14.6. The van der Waals surface area contributed by atoms with Gasteiger partial charge in [-0.3, -0.25) is 4.79 Å². The predicted molar refractivity (Wildman–Crippen MR) is 79.0 cm³/mol. The van der Waals surface area contributed by atoms with Crippen LogP contribution in [0.5, 0.6) is 0 Å². The van der Waals surface area contributed by atoms with Crippen LogP contribution in [-0.2, 0) is 14.6 Å². The number of rotatable bonds is 4. The molecule has 2 unspecified atom stereocenters. The van der Waals surface area contributed by atoms with Crippen molar-refractivity contribution in [2.24, 2.45) is 11.7 Å². The van der Waals surface area contributed by atoms with Crippen LogP contribution in [0.4, 0.5) is 0 Å². The highest BCUT2D eigenvalue weighted by molar-refractivity contribution is 7.92. The van der Waals surface area contributed by atoms with Crippen molar-refractivity contribution in [1.29, 1.82) is 0 Å². The zero-order valence-electron chi connectivity index (χ0n) is 12.0. The number of carbonyl (C=O) groups is 1. The van der Waals surface area contributed by atoms with Crippen molar-refractivity contribution in [1.82, 2.24) is 5.32 Å². The van der Waals surface area contributed by atoms with Crippen molar-refractivity contribution in [2.75, 3.05) is 12.3 Å². The molecule has 116 valence electrons. The molecule has 0 spiro atoms. The van der Waals surface area contributed by atoms with Gasteiger partial charge in [-0.2, -0.15) is 0 Å². The molecule has 3 N–H and O–H groups in total. The van der Waals surface area contributed by atoms with E-state index in [-0.39, 0.29) is 17.7 Å². The summed E-state index contributed by atoms with van der Waals surface area (Å²) in [6, 6.07) is -0.0695. The van der Waals surface area contributed by atoms with Gasteiger partial charge in [-0.05, 0) is 31.6 Å². The summed E-state index contributed by atoms with van der Waals surface area (Å²) in [6.45, 7) is 0.392. The summed E-state index contributed by atoms with van der Waals surface area (Å²) in [4.78, 5) is 12.3. The summed E-state index contributed by atoms with van der Waals surface area (Å²) >= 11 is 0. The number of hydrogen-bond acceptors (Lipinski definition) is 4. The first-order valence-corrected chi connectivity index (χ1v) is 9.48. The Hall–Kier alpha value is -0.620. The minimum Gasteiger partial charge on any atom is -0.351 e. The third-order valence-electron chi connectivity index (χ3n) is 4.67. The molecule has 5 nitrogen and oxygen atoms in total. The van der Waals surface area contributed by atoms with Crippen molar-refractivity contribution in [2.45, 2.75) is 62.7 Å². The molecule has 2 rings (SSSR count). The van der Waals surface area contributed by atoms with E-state index in [4.69, 9.17) is 5.73 Å². The van der Waals surface area contributed by atoms with E-state index in [1.807, 2.05) is 0 Å². The Balaban J connectivity index is 1.97. The smallest absolute Gasteiger partial charge is 0.238 e. The second kappa shape index (κ2) is 6.89. The number of nitrogens with one attached hydrogen (secondary N) is 1. The lowest BCUT2D eigenvalue weighted by molar-refractivity contribution is -0.122. The van der Waals surface area contributed by atoms with Crippen LogP contribution in [0.15, 0.2) is 0 Å². The third-order valence-corrected chi connectivity index (χ3v) is 6.85. The molecule has 1 heterocycles. The first-order valence-electron chi connectivity index (χ1n) is 7.76. The van der Waals surface area contributed by atoms with Gasteiger partial charge in [0.15, 0.2) is 9.84 Å². The Morgan fingerprint density at radius 3 is 2.35 bits per heavy atom. The number of carbonyl (C=O) groups excluding carboxylic acids is 1. The molecule has 2 atom stereocenters. The Bertz CT molecular complexity index is 430. The largest absolute Gasteiger partial charge is 0.351 e. The highest BCUT2D eigenvalue weighted by Crippen LogP contribution is 2.27. The molecule has 20 heavy (non-hydrogen) atoms. The van der Waals surface area contributed by atoms with E-state index < -0.39 is 15.1 Å². The van der Waals surface area contributed by atoms with E-state index in [0.29, 0.717) is 25.3 Å². The minimum absolute atomic E-state index is 0.0695. The highest BCUT2D eigenvalue weighted by atomic mass is 32.2. The fourth-order valence-corrected chi connectivity index (χ4v) is 5.24. The number of amides is 1. The minimum atomic E-state index is -3.26. The van der Waals surface area contributed by atoms with Gasteiger partial charge in [-0.15, -0.1) is 0 Å². The van der Waals surface area contributed by atoms with Gasteiger partial charge in [-0.1, -0.05) is 25.7 Å². The van der Waals surface area contributed by atoms with Gasteiger partial charge >= 0.3 is 0 Å². The van der Waals surface area contributed by atoms with Crippen LogP contribution in [0, 0.1) is 5.92 Å². The first kappa shape index (κ1) is 15.8. The standard InChI is InChI=1S/C14H26N2O3S/c15-10-12(11-6-2-1-3-7-11)16-14(17)13-8-4-5-9-20(13,18)19/h11-13H,1-10,15H2,(H,16,17). The number of nitrogens with two attached hydrogens (primary N) is 1. The molecule has 0 aromatic heterocycles. The molecular formula is C14H26N2O3S. The quantitative estimate of drug-likeness (QED) is 0.810. The molecule has 0 bridgehead atoms. The van der Waals surface area contributed by atoms with Crippen LogP contribution in [0.3, 0.4) is 0 Å². The lowest BCUT2D eigenvalue weighted by Gasteiger charge is -2.31. The molecule has 2 fully saturated rings. The van der Waals surface area contributed by atoms with Crippen LogP contribution in [0.25, 0.3) is 0 Å². The molecule has 0 aromatic carbocycles. The van der Waals surface area contributed by atoms with Crippen LogP contribution >= 0.6 is 0 Å². The van der Waals surface area contributed by atoms with E-state index in [9.17, 15) is 13.2 Å². The van der Waals surface area contributed by atoms with Crippen molar-refractivity contribution >= 4 is 15.7 Å². The Morgan fingerprint density at radius 1 is 1.10 bits per heavy atom. The predicted octanol–water partition coefficient (Wildman–Crippen LogP) is 0.977. The third kappa shape index (κ3) is 3.73. The lowest BCUT2D eigenvalue weighted by atomic mass is 9.84. The second-order valence-corrected chi connectivity index (χ2v) is 8.40. The summed E-state index contributed by atoms with van der Waals surface area (Å²) in [5, 5.41) is 2.07. The summed E-state index contributed by atoms with van der Waals surface area (Å²) < 4.78 is 24.0. The van der Waals surface area contributed by atoms with Crippen molar-refractivity contribution < 1.29 is 13.2 Å². The molecule has 2 aliphatic rings. The maximum atomic E-state index is 12.3. The number of hydrogen-bond donors (Lipinski definition) is 2. The molecule has 1 aliphatic heterocycles. The molecule has 1 amide bonds. The maximum absolute atomic E-state index is 12.3. The van der Waals surface area contributed by atoms with Gasteiger partial charge in [0.25, 0.3) is 0 Å². The fourth-order valence-electron chi connectivity index (χ4n) is 3.43. The summed E-state index contributed by atoms with van der Waals surface area (Å²) in [5.41, 5.74) is 5.78. The summed E-state index contributed by atoms with van der Waals surface area (Å²) in [6.07, 6.45) is 7.72. The Kier molecular flexibility index (Phi) is 5.43. The van der Waals surface area contributed by atoms with Gasteiger partial charge in [0.05, 0.1) is 5.75 Å². The summed E-state index contributed by atoms with van der Waals surface area (Å²) in [5.74, 6) is 0.219. The molecule has 0 radical (unpaired) electrons. The van der Waals surface area contributed by atoms with E-state index in [0.717, 1.165) is 19.3 Å². The van der Waals surface area contributed by atoms with Crippen molar-refractivity contribution in [3.63, 3.8) is 0 Å². The van der Waals surface area contributed by atoms with E-state index in [1.165, 1.54) is 19.3 Å². The van der Waals surface area contributed by atoms with Crippen LogP contribution in [0.2, 0.25) is 0 Å². The second-order valence-electron chi connectivity index (χ2n) is 6.10. The first-order chi connectivity index (χ1) is 9.54. The fraction of sp³-hybridized carbons (Fsp3) is 0.929. The summed E-state index contributed by atoms with van der Waals surface area (Å²) in [7, 11) is -3.26. The average molecular weight is 302 g/mol. The van der Waals surface area contributed by atoms with Crippen molar-refractivity contribution in [3.8, 4) is 0 Å². The normalized spacial score (nSPS) is 28.8. The van der Waals surface area contributed by atoms with Gasteiger partial charge in [-0.25, -0.2) is 8.42 Å². The molecule has 1 aliphatic carbocycles. The van der Waals surface area contributed by atoms with Crippen LogP contribution in [0.1, 0.15) is 51.4 Å². The van der Waals surface area contributed by atoms with E-state index in [2.05, 4.69) is 5.32 Å². The highest BCUT2D eigenvalue weighted by Gasteiger charge is 2.36. The lowest BCUT2D eigenvalue weighted by Crippen LogP contribution is -2.51. The molecule has 6 heteroatoms. The molecule has 0 aromatic rings. The molecular weight excluding hydrogens is 276 g/mol. The van der Waals surface area contributed by atoms with Crippen LogP contribution in [-0.4, -0.2) is 37.9 Å². The zero-order valence-corrected chi connectivity index (χ0v) is 12.8. The SMILES string of the molecule is NCC(NC(=O)C1CCCCS1(=O)=O)C1CCCCC1. The van der Waals surface area contributed by atoms with Gasteiger partial charge < -0.3 is 11.1 Å². The number of sulfone groups is 1. The van der Waals surface area contributed by atoms with Crippen molar-refractivity contribution in [3.05, 3.63) is 0 Å². The van der Waals surface area contributed by atoms with Crippen LogP contribution < -0.4 is 11.1 Å². The maximum Gasteiger partial charge on any atom is 0.238 e. The van der Waals surface area contributed by atoms with E-state index >= 15 is 0 Å². The topological polar surface area (TPSA) is 89.3 Å². The Morgan fingerprint density at radius 2 is 1.75 bits per heavy atom. The molecule has 1 saturated heterocycles. The average Bonchev–Trinajstić information content (AvgIpc) is 2.45. The Labute approximate surface area is 121 Å². The monoisotopic (exact) mass is 302 g/mol. The van der Waals surface area contributed by atoms with Gasteiger partial charge in [0.1, 0.15) is 5.25 Å². The van der Waals surface area contributed by atoms with Gasteiger partial charge in [0, 0.05) is 12.6 Å². The van der Waals surface area contributed by atoms with E-state index in [1.54, 1.807) is 0 Å².